The SMILES string of the molecule is CC(Nc1nc2ccccc2s1)C(=O)N/N=C/c1cc(Br)ccc1O. The van der Waals surface area contributed by atoms with Crippen LogP contribution in [0.25, 0.3) is 10.2 Å². The summed E-state index contributed by atoms with van der Waals surface area (Å²) in [6, 6.07) is 12.2. The lowest BCUT2D eigenvalue weighted by atomic mass is 10.2. The van der Waals surface area contributed by atoms with Crippen molar-refractivity contribution in [2.75, 3.05) is 5.32 Å². The van der Waals surface area contributed by atoms with Gasteiger partial charge in [-0.25, -0.2) is 10.4 Å². The largest absolute Gasteiger partial charge is 0.507 e. The van der Waals surface area contributed by atoms with Gasteiger partial charge in [-0.2, -0.15) is 5.10 Å². The van der Waals surface area contributed by atoms with Crippen LogP contribution >= 0.6 is 27.3 Å². The molecule has 0 saturated heterocycles. The second-order valence-electron chi connectivity index (χ2n) is 5.29. The number of anilines is 1. The number of benzene rings is 2. The van der Waals surface area contributed by atoms with Gasteiger partial charge in [-0.05, 0) is 37.3 Å². The summed E-state index contributed by atoms with van der Waals surface area (Å²) in [5.41, 5.74) is 3.85. The van der Waals surface area contributed by atoms with Crippen LogP contribution in [-0.2, 0) is 4.79 Å². The van der Waals surface area contributed by atoms with E-state index in [4.69, 9.17) is 0 Å². The normalized spacial score (nSPS) is 12.4. The first-order chi connectivity index (χ1) is 12.0. The molecule has 8 heteroatoms. The molecule has 0 aliphatic carbocycles. The van der Waals surface area contributed by atoms with Crippen molar-refractivity contribution in [2.45, 2.75) is 13.0 Å². The fourth-order valence-electron chi connectivity index (χ4n) is 2.08. The average Bonchev–Trinajstić information content (AvgIpc) is 3.00. The summed E-state index contributed by atoms with van der Waals surface area (Å²) in [6.07, 6.45) is 1.39. The van der Waals surface area contributed by atoms with Crippen LogP contribution in [0.15, 0.2) is 52.0 Å². The van der Waals surface area contributed by atoms with Crippen LogP contribution in [0.5, 0.6) is 5.75 Å². The molecule has 3 aromatic rings. The number of thiazole rings is 1. The van der Waals surface area contributed by atoms with E-state index in [0.717, 1.165) is 14.7 Å². The minimum absolute atomic E-state index is 0.0850. The van der Waals surface area contributed by atoms with E-state index in [0.29, 0.717) is 10.7 Å². The van der Waals surface area contributed by atoms with Gasteiger partial charge in [0.05, 0.1) is 16.4 Å². The molecule has 3 rings (SSSR count). The Balaban J connectivity index is 1.60. The molecule has 1 aromatic heterocycles. The lowest BCUT2D eigenvalue weighted by molar-refractivity contribution is -0.121. The predicted octanol–water partition coefficient (Wildman–Crippen LogP) is 3.72. The summed E-state index contributed by atoms with van der Waals surface area (Å²) in [4.78, 5) is 16.6. The Morgan fingerprint density at radius 1 is 1.36 bits per heavy atom. The second-order valence-corrected chi connectivity index (χ2v) is 7.24. The van der Waals surface area contributed by atoms with Crippen LogP contribution in [0.2, 0.25) is 0 Å². The zero-order valence-corrected chi connectivity index (χ0v) is 15.6. The van der Waals surface area contributed by atoms with Crippen LogP contribution in [0.4, 0.5) is 5.13 Å². The average molecular weight is 419 g/mol. The third-order valence-corrected chi connectivity index (χ3v) is 4.86. The molecule has 0 radical (unpaired) electrons. The molecule has 1 heterocycles. The van der Waals surface area contributed by atoms with Gasteiger partial charge in [-0.15, -0.1) is 0 Å². The van der Waals surface area contributed by atoms with Crippen molar-refractivity contribution in [1.29, 1.82) is 0 Å². The van der Waals surface area contributed by atoms with E-state index in [2.05, 4.69) is 36.8 Å². The lowest BCUT2D eigenvalue weighted by Crippen LogP contribution is -2.34. The lowest BCUT2D eigenvalue weighted by Gasteiger charge is -2.10. The van der Waals surface area contributed by atoms with Crippen molar-refractivity contribution >= 4 is 54.7 Å². The van der Waals surface area contributed by atoms with E-state index < -0.39 is 6.04 Å². The Morgan fingerprint density at radius 3 is 2.96 bits per heavy atom. The van der Waals surface area contributed by atoms with Gasteiger partial charge < -0.3 is 10.4 Å². The minimum Gasteiger partial charge on any atom is -0.507 e. The Morgan fingerprint density at radius 2 is 2.16 bits per heavy atom. The molecule has 1 amide bonds. The quantitative estimate of drug-likeness (QED) is 0.435. The highest BCUT2D eigenvalue weighted by molar-refractivity contribution is 9.10. The molecule has 128 valence electrons. The molecule has 0 bridgehead atoms. The third-order valence-electron chi connectivity index (χ3n) is 3.40. The highest BCUT2D eigenvalue weighted by atomic mass is 79.9. The van der Waals surface area contributed by atoms with Gasteiger partial charge in [-0.3, -0.25) is 4.79 Å². The van der Waals surface area contributed by atoms with Crippen molar-refractivity contribution in [3.05, 3.63) is 52.5 Å². The molecule has 1 unspecified atom stereocenters. The number of aromatic nitrogens is 1. The highest BCUT2D eigenvalue weighted by Crippen LogP contribution is 2.25. The minimum atomic E-state index is -0.506. The van der Waals surface area contributed by atoms with Crippen LogP contribution in [0.3, 0.4) is 0 Å². The number of phenolic OH excluding ortho intramolecular Hbond substituents is 1. The number of para-hydroxylation sites is 1. The molecule has 6 nitrogen and oxygen atoms in total. The van der Waals surface area contributed by atoms with Crippen LogP contribution in [0, 0.1) is 0 Å². The molecule has 0 aliphatic rings. The number of hydrazone groups is 1. The van der Waals surface area contributed by atoms with Gasteiger partial charge in [0.25, 0.3) is 5.91 Å². The maximum atomic E-state index is 12.1. The number of phenols is 1. The molecular weight excluding hydrogens is 404 g/mol. The van der Waals surface area contributed by atoms with Gasteiger partial charge in [0.1, 0.15) is 11.8 Å². The molecule has 25 heavy (non-hydrogen) atoms. The standard InChI is InChI=1S/C17H15BrN4O2S/c1-10(20-17-21-13-4-2-3-5-15(13)25-17)16(24)22-19-9-11-8-12(18)6-7-14(11)23/h2-10,23H,1H3,(H,20,21)(H,22,24)/b19-9+. The summed E-state index contributed by atoms with van der Waals surface area (Å²) < 4.78 is 1.87. The van der Waals surface area contributed by atoms with E-state index in [1.165, 1.54) is 17.6 Å². The van der Waals surface area contributed by atoms with Crippen LogP contribution < -0.4 is 10.7 Å². The number of carbonyl (C=O) groups excluding carboxylic acids is 1. The number of amides is 1. The number of halogens is 1. The Kier molecular flexibility index (Phi) is 5.30. The van der Waals surface area contributed by atoms with Gasteiger partial charge in [0, 0.05) is 10.0 Å². The number of rotatable bonds is 5. The van der Waals surface area contributed by atoms with Crippen molar-refractivity contribution in [3.63, 3.8) is 0 Å². The van der Waals surface area contributed by atoms with Crippen molar-refractivity contribution in [3.8, 4) is 5.75 Å². The molecular formula is C17H15BrN4O2S. The first-order valence-corrected chi connectivity index (χ1v) is 9.07. The van der Waals surface area contributed by atoms with Gasteiger partial charge >= 0.3 is 0 Å². The molecule has 0 fully saturated rings. The monoisotopic (exact) mass is 418 g/mol. The smallest absolute Gasteiger partial charge is 0.262 e. The number of aromatic hydroxyl groups is 1. The fourth-order valence-corrected chi connectivity index (χ4v) is 3.41. The Labute approximate surface area is 156 Å². The number of fused-ring (bicyclic) bond motifs is 1. The van der Waals surface area contributed by atoms with Crippen molar-refractivity contribution in [2.24, 2.45) is 5.10 Å². The molecule has 0 spiro atoms. The molecule has 2 aromatic carbocycles. The molecule has 1 atom stereocenters. The number of carbonyl (C=O) groups is 1. The van der Waals surface area contributed by atoms with Gasteiger partial charge in [-0.1, -0.05) is 39.4 Å². The van der Waals surface area contributed by atoms with Crippen molar-refractivity contribution < 1.29 is 9.90 Å². The fraction of sp³-hybridized carbons (Fsp3) is 0.118. The first kappa shape index (κ1) is 17.4. The Hall–Kier alpha value is -2.45. The molecule has 3 N–H and O–H groups in total. The Bertz CT molecular complexity index is 908. The summed E-state index contributed by atoms with van der Waals surface area (Å²) in [6.45, 7) is 1.73. The number of hydrogen-bond acceptors (Lipinski definition) is 6. The maximum absolute atomic E-state index is 12.1. The molecule has 0 saturated carbocycles. The number of hydrogen-bond donors (Lipinski definition) is 3. The van der Waals surface area contributed by atoms with Gasteiger partial charge in [0.15, 0.2) is 5.13 Å². The summed E-state index contributed by atoms with van der Waals surface area (Å²) in [5, 5.41) is 17.4. The predicted molar refractivity (Wildman–Crippen MR) is 104 cm³/mol. The first-order valence-electron chi connectivity index (χ1n) is 7.46. The van der Waals surface area contributed by atoms with Crippen LogP contribution in [0.1, 0.15) is 12.5 Å². The number of nitrogens with zero attached hydrogens (tertiary/aromatic N) is 2. The van der Waals surface area contributed by atoms with Crippen LogP contribution in [-0.4, -0.2) is 28.3 Å². The summed E-state index contributed by atoms with van der Waals surface area (Å²) in [5.74, 6) is -0.216. The second kappa shape index (κ2) is 7.62. The maximum Gasteiger partial charge on any atom is 0.262 e. The summed E-state index contributed by atoms with van der Waals surface area (Å²) in [7, 11) is 0. The van der Waals surface area contributed by atoms with E-state index in [-0.39, 0.29) is 11.7 Å². The summed E-state index contributed by atoms with van der Waals surface area (Å²) >= 11 is 4.80. The molecule has 0 aliphatic heterocycles. The highest BCUT2D eigenvalue weighted by Gasteiger charge is 2.14. The number of nitrogens with one attached hydrogen (secondary N) is 2. The van der Waals surface area contributed by atoms with E-state index in [1.54, 1.807) is 25.1 Å². The van der Waals surface area contributed by atoms with E-state index in [1.807, 2.05) is 24.3 Å². The van der Waals surface area contributed by atoms with E-state index >= 15 is 0 Å². The van der Waals surface area contributed by atoms with Crippen molar-refractivity contribution in [1.82, 2.24) is 10.4 Å². The van der Waals surface area contributed by atoms with E-state index in [9.17, 15) is 9.90 Å². The topological polar surface area (TPSA) is 86.6 Å². The zero-order valence-electron chi connectivity index (χ0n) is 13.2. The zero-order chi connectivity index (χ0) is 17.8. The third kappa shape index (κ3) is 4.34. The van der Waals surface area contributed by atoms with Gasteiger partial charge in [0.2, 0.25) is 0 Å².